The van der Waals surface area contributed by atoms with Gasteiger partial charge in [0.25, 0.3) is 0 Å². The first-order valence-electron chi connectivity index (χ1n) is 7.05. The lowest BCUT2D eigenvalue weighted by Crippen LogP contribution is -2.43. The summed E-state index contributed by atoms with van der Waals surface area (Å²) >= 11 is 5.99. The van der Waals surface area contributed by atoms with Crippen LogP contribution >= 0.6 is 11.6 Å². The van der Waals surface area contributed by atoms with Crippen LogP contribution < -0.4 is 5.32 Å². The summed E-state index contributed by atoms with van der Waals surface area (Å²) in [5.41, 5.74) is 1.48. The van der Waals surface area contributed by atoms with Crippen molar-refractivity contribution >= 4 is 29.3 Å². The standard InChI is InChI=1S/C15H19ClN2O3/c1-3-4-7-21-15(20)18-9-11-8-12(16)5-6-13(11)17-14(19)10(18)2/h5-6,8,10H,3-4,7,9H2,1-2H3,(H,17,19). The highest BCUT2D eigenvalue weighted by Gasteiger charge is 2.31. The Morgan fingerprint density at radius 3 is 3.00 bits per heavy atom. The highest BCUT2D eigenvalue weighted by Crippen LogP contribution is 2.26. The molecule has 2 amide bonds. The van der Waals surface area contributed by atoms with Gasteiger partial charge in [0.2, 0.25) is 5.91 Å². The molecule has 1 unspecified atom stereocenters. The smallest absolute Gasteiger partial charge is 0.410 e. The first-order valence-corrected chi connectivity index (χ1v) is 7.43. The van der Waals surface area contributed by atoms with Gasteiger partial charge in [-0.15, -0.1) is 0 Å². The summed E-state index contributed by atoms with van der Waals surface area (Å²) in [4.78, 5) is 25.7. The first kappa shape index (κ1) is 15.6. The molecule has 0 aromatic heterocycles. The van der Waals surface area contributed by atoms with E-state index >= 15 is 0 Å². The van der Waals surface area contributed by atoms with E-state index in [0.717, 1.165) is 18.4 Å². The fourth-order valence-corrected chi connectivity index (χ4v) is 2.32. The summed E-state index contributed by atoms with van der Waals surface area (Å²) in [5.74, 6) is -0.233. The molecule has 0 spiro atoms. The molecule has 0 bridgehead atoms. The number of unbranched alkanes of at least 4 members (excludes halogenated alkanes) is 1. The molecule has 0 fully saturated rings. The molecule has 0 aliphatic carbocycles. The predicted molar refractivity (Wildman–Crippen MR) is 81.3 cm³/mol. The molecule has 1 atom stereocenters. The number of nitrogens with zero attached hydrogens (tertiary/aromatic N) is 1. The lowest BCUT2D eigenvalue weighted by Gasteiger charge is -2.24. The molecule has 1 N–H and O–H groups in total. The summed E-state index contributed by atoms with van der Waals surface area (Å²) in [6.07, 6.45) is 1.28. The van der Waals surface area contributed by atoms with Gasteiger partial charge in [-0.1, -0.05) is 24.9 Å². The minimum Gasteiger partial charge on any atom is -0.449 e. The molecule has 2 rings (SSSR count). The molecule has 1 aliphatic heterocycles. The lowest BCUT2D eigenvalue weighted by molar-refractivity contribution is -0.120. The van der Waals surface area contributed by atoms with Crippen LogP contribution in [0.25, 0.3) is 0 Å². The number of amides is 2. The number of hydrogen-bond donors (Lipinski definition) is 1. The predicted octanol–water partition coefficient (Wildman–Crippen LogP) is 3.42. The fourth-order valence-electron chi connectivity index (χ4n) is 2.12. The Morgan fingerprint density at radius 2 is 2.29 bits per heavy atom. The molecule has 0 saturated heterocycles. The number of hydrogen-bond acceptors (Lipinski definition) is 3. The van der Waals surface area contributed by atoms with Crippen LogP contribution in [-0.4, -0.2) is 29.5 Å². The summed E-state index contributed by atoms with van der Waals surface area (Å²) in [7, 11) is 0. The Bertz CT molecular complexity index is 548. The Kier molecular flexibility index (Phi) is 5.07. The number of nitrogens with one attached hydrogen (secondary N) is 1. The van der Waals surface area contributed by atoms with E-state index in [1.54, 1.807) is 25.1 Å². The van der Waals surface area contributed by atoms with E-state index in [9.17, 15) is 9.59 Å². The van der Waals surface area contributed by atoms with Gasteiger partial charge in [-0.3, -0.25) is 9.69 Å². The third kappa shape index (κ3) is 3.67. The van der Waals surface area contributed by atoms with Crippen LogP contribution in [0.1, 0.15) is 32.3 Å². The van der Waals surface area contributed by atoms with Crippen molar-refractivity contribution in [2.75, 3.05) is 11.9 Å². The zero-order valence-electron chi connectivity index (χ0n) is 12.2. The maximum atomic E-state index is 12.2. The summed E-state index contributed by atoms with van der Waals surface area (Å²) < 4.78 is 5.22. The Labute approximate surface area is 129 Å². The van der Waals surface area contributed by atoms with Crippen molar-refractivity contribution in [2.24, 2.45) is 0 Å². The van der Waals surface area contributed by atoms with Crippen LogP contribution in [0.2, 0.25) is 5.02 Å². The lowest BCUT2D eigenvalue weighted by atomic mass is 10.1. The molecular formula is C15H19ClN2O3. The maximum absolute atomic E-state index is 12.2. The number of carbonyl (C=O) groups excluding carboxylic acids is 2. The Morgan fingerprint density at radius 1 is 1.52 bits per heavy atom. The molecule has 1 heterocycles. The second-order valence-electron chi connectivity index (χ2n) is 5.06. The number of ether oxygens (including phenoxy) is 1. The minimum atomic E-state index is -0.592. The number of benzene rings is 1. The first-order chi connectivity index (χ1) is 10.0. The van der Waals surface area contributed by atoms with Crippen LogP contribution in [0.4, 0.5) is 10.5 Å². The third-order valence-electron chi connectivity index (χ3n) is 3.47. The van der Waals surface area contributed by atoms with Crippen LogP contribution in [0, 0.1) is 0 Å². The van der Waals surface area contributed by atoms with Crippen molar-refractivity contribution in [2.45, 2.75) is 39.3 Å². The van der Waals surface area contributed by atoms with Crippen molar-refractivity contribution in [3.8, 4) is 0 Å². The van der Waals surface area contributed by atoms with Gasteiger partial charge in [0, 0.05) is 10.7 Å². The number of rotatable bonds is 3. The summed E-state index contributed by atoms with van der Waals surface area (Å²) in [6.45, 7) is 4.36. The SMILES string of the molecule is CCCCOC(=O)N1Cc2cc(Cl)ccc2NC(=O)C1C. The van der Waals surface area contributed by atoms with Crippen molar-refractivity contribution in [1.29, 1.82) is 0 Å². The fraction of sp³-hybridized carbons (Fsp3) is 0.467. The zero-order valence-corrected chi connectivity index (χ0v) is 12.9. The van der Waals surface area contributed by atoms with Crippen molar-refractivity contribution < 1.29 is 14.3 Å². The van der Waals surface area contributed by atoms with E-state index in [-0.39, 0.29) is 5.91 Å². The normalized spacial score (nSPS) is 17.8. The highest BCUT2D eigenvalue weighted by molar-refractivity contribution is 6.30. The second-order valence-corrected chi connectivity index (χ2v) is 5.50. The molecule has 1 aromatic rings. The summed E-state index contributed by atoms with van der Waals surface area (Å²) in [6, 6.07) is 4.61. The molecule has 21 heavy (non-hydrogen) atoms. The highest BCUT2D eigenvalue weighted by atomic mass is 35.5. The summed E-state index contributed by atoms with van der Waals surface area (Å²) in [5, 5.41) is 3.37. The minimum absolute atomic E-state index is 0.233. The van der Waals surface area contributed by atoms with Gasteiger partial charge >= 0.3 is 6.09 Å². The van der Waals surface area contributed by atoms with Crippen molar-refractivity contribution in [3.05, 3.63) is 28.8 Å². The van der Waals surface area contributed by atoms with Crippen LogP contribution in [0.3, 0.4) is 0 Å². The van der Waals surface area contributed by atoms with Crippen molar-refractivity contribution in [1.82, 2.24) is 4.90 Å². The number of anilines is 1. The quantitative estimate of drug-likeness (QED) is 0.870. The van der Waals surface area contributed by atoms with Gasteiger partial charge < -0.3 is 10.1 Å². The van der Waals surface area contributed by atoms with Crippen LogP contribution in [0.15, 0.2) is 18.2 Å². The van der Waals surface area contributed by atoms with Crippen LogP contribution in [0.5, 0.6) is 0 Å². The molecule has 6 heteroatoms. The van der Waals surface area contributed by atoms with E-state index in [0.29, 0.717) is 23.9 Å². The number of halogens is 1. The molecular weight excluding hydrogens is 292 g/mol. The maximum Gasteiger partial charge on any atom is 0.410 e. The monoisotopic (exact) mass is 310 g/mol. The molecule has 0 saturated carbocycles. The van der Waals surface area contributed by atoms with Gasteiger partial charge in [-0.2, -0.15) is 0 Å². The van der Waals surface area contributed by atoms with Gasteiger partial charge in [0.15, 0.2) is 0 Å². The number of carbonyl (C=O) groups is 2. The largest absolute Gasteiger partial charge is 0.449 e. The average Bonchev–Trinajstić information content (AvgIpc) is 2.57. The van der Waals surface area contributed by atoms with Gasteiger partial charge in [-0.25, -0.2) is 4.79 Å². The Hall–Kier alpha value is -1.75. The Balaban J connectivity index is 2.20. The van der Waals surface area contributed by atoms with E-state index in [1.165, 1.54) is 4.90 Å². The van der Waals surface area contributed by atoms with Crippen molar-refractivity contribution in [3.63, 3.8) is 0 Å². The average molecular weight is 311 g/mol. The van der Waals surface area contributed by atoms with E-state index in [2.05, 4.69) is 5.32 Å². The van der Waals surface area contributed by atoms with Gasteiger partial charge in [0.05, 0.1) is 13.2 Å². The molecule has 1 aromatic carbocycles. The van der Waals surface area contributed by atoms with E-state index in [4.69, 9.17) is 16.3 Å². The van der Waals surface area contributed by atoms with E-state index in [1.807, 2.05) is 6.92 Å². The van der Waals surface area contributed by atoms with Gasteiger partial charge in [-0.05, 0) is 37.1 Å². The molecule has 114 valence electrons. The second kappa shape index (κ2) is 6.80. The third-order valence-corrected chi connectivity index (χ3v) is 3.71. The molecule has 1 aliphatic rings. The number of fused-ring (bicyclic) bond motifs is 1. The van der Waals surface area contributed by atoms with E-state index < -0.39 is 12.1 Å². The molecule has 0 radical (unpaired) electrons. The van der Waals surface area contributed by atoms with Gasteiger partial charge in [0.1, 0.15) is 6.04 Å². The zero-order chi connectivity index (χ0) is 15.4. The topological polar surface area (TPSA) is 58.6 Å². The van der Waals surface area contributed by atoms with Crippen LogP contribution in [-0.2, 0) is 16.1 Å². The molecule has 5 nitrogen and oxygen atoms in total.